The molecule has 1 heterocycles. The minimum absolute atomic E-state index is 0.0871. The van der Waals surface area contributed by atoms with E-state index < -0.39 is 0 Å². The van der Waals surface area contributed by atoms with Crippen molar-refractivity contribution in [2.45, 2.75) is 19.5 Å². The van der Waals surface area contributed by atoms with E-state index in [2.05, 4.69) is 10.3 Å². The summed E-state index contributed by atoms with van der Waals surface area (Å²) in [4.78, 5) is 29.0. The molecule has 25 heavy (non-hydrogen) atoms. The maximum atomic E-state index is 12.4. The molecule has 0 radical (unpaired) electrons. The highest BCUT2D eigenvalue weighted by molar-refractivity contribution is 5.79. The fraction of sp³-hybridized carbons (Fsp3) is 0.211. The second-order valence-electron chi connectivity index (χ2n) is 5.73. The molecule has 0 aliphatic carbocycles. The summed E-state index contributed by atoms with van der Waals surface area (Å²) >= 11 is 0. The molecule has 1 aromatic heterocycles. The largest absolute Gasteiger partial charge is 0.496 e. The predicted octanol–water partition coefficient (Wildman–Crippen LogP) is 2.28. The molecule has 1 N–H and O–H groups in total. The van der Waals surface area contributed by atoms with Crippen molar-refractivity contribution in [3.8, 4) is 5.75 Å². The molecule has 0 unspecified atom stereocenters. The summed E-state index contributed by atoms with van der Waals surface area (Å²) in [7, 11) is 1.59. The van der Waals surface area contributed by atoms with E-state index in [-0.39, 0.29) is 24.1 Å². The molecule has 0 aliphatic rings. The van der Waals surface area contributed by atoms with Crippen molar-refractivity contribution < 1.29 is 9.53 Å². The van der Waals surface area contributed by atoms with Crippen LogP contribution in [0.1, 0.15) is 18.5 Å². The zero-order valence-corrected chi connectivity index (χ0v) is 14.1. The molecule has 6 heteroatoms. The Kier molecular flexibility index (Phi) is 4.79. The number of hydrogen-bond acceptors (Lipinski definition) is 4. The van der Waals surface area contributed by atoms with Crippen molar-refractivity contribution in [1.29, 1.82) is 0 Å². The van der Waals surface area contributed by atoms with Gasteiger partial charge in [0.15, 0.2) is 0 Å². The van der Waals surface area contributed by atoms with Crippen LogP contribution in [0.15, 0.2) is 59.7 Å². The first-order valence-electron chi connectivity index (χ1n) is 7.96. The van der Waals surface area contributed by atoms with E-state index in [1.54, 1.807) is 25.3 Å². The molecule has 0 bridgehead atoms. The van der Waals surface area contributed by atoms with Crippen LogP contribution in [0.5, 0.6) is 5.75 Å². The maximum Gasteiger partial charge on any atom is 0.261 e. The highest BCUT2D eigenvalue weighted by Gasteiger charge is 2.14. The van der Waals surface area contributed by atoms with E-state index in [0.29, 0.717) is 16.7 Å². The van der Waals surface area contributed by atoms with Crippen LogP contribution in [-0.2, 0) is 11.3 Å². The van der Waals surface area contributed by atoms with E-state index in [0.717, 1.165) is 5.56 Å². The molecule has 6 nitrogen and oxygen atoms in total. The van der Waals surface area contributed by atoms with Gasteiger partial charge in [-0.25, -0.2) is 4.98 Å². The summed E-state index contributed by atoms with van der Waals surface area (Å²) < 4.78 is 6.63. The predicted molar refractivity (Wildman–Crippen MR) is 95.6 cm³/mol. The van der Waals surface area contributed by atoms with Gasteiger partial charge in [0.25, 0.3) is 5.56 Å². The van der Waals surface area contributed by atoms with Gasteiger partial charge in [0, 0.05) is 5.56 Å². The van der Waals surface area contributed by atoms with Crippen LogP contribution in [0, 0.1) is 0 Å². The molecule has 0 spiro atoms. The van der Waals surface area contributed by atoms with E-state index in [1.807, 2.05) is 37.3 Å². The number of ether oxygens (including phenoxy) is 1. The molecule has 3 rings (SSSR count). The minimum atomic E-state index is -0.266. The number of rotatable bonds is 5. The second-order valence-corrected chi connectivity index (χ2v) is 5.73. The molecule has 0 saturated carbocycles. The summed E-state index contributed by atoms with van der Waals surface area (Å²) in [5, 5.41) is 3.38. The third-order valence-corrected chi connectivity index (χ3v) is 4.03. The zero-order chi connectivity index (χ0) is 17.8. The van der Waals surface area contributed by atoms with Crippen LogP contribution in [0.4, 0.5) is 0 Å². The van der Waals surface area contributed by atoms with E-state index >= 15 is 0 Å². The number of carbonyl (C=O) groups excluding carboxylic acids is 1. The number of amides is 1. The lowest BCUT2D eigenvalue weighted by Gasteiger charge is -2.17. The van der Waals surface area contributed by atoms with Crippen LogP contribution in [0.25, 0.3) is 10.9 Å². The monoisotopic (exact) mass is 337 g/mol. The third kappa shape index (κ3) is 3.52. The lowest BCUT2D eigenvalue weighted by atomic mass is 10.1. The van der Waals surface area contributed by atoms with Gasteiger partial charge in [-0.2, -0.15) is 0 Å². The molecule has 0 aliphatic heterocycles. The number of nitrogens with zero attached hydrogens (tertiary/aromatic N) is 2. The van der Waals surface area contributed by atoms with Crippen molar-refractivity contribution in [2.75, 3.05) is 7.11 Å². The van der Waals surface area contributed by atoms with Crippen LogP contribution in [0.3, 0.4) is 0 Å². The quantitative estimate of drug-likeness (QED) is 0.775. The fourth-order valence-corrected chi connectivity index (χ4v) is 2.76. The van der Waals surface area contributed by atoms with Gasteiger partial charge in [0.05, 0.1) is 30.4 Å². The average molecular weight is 337 g/mol. The van der Waals surface area contributed by atoms with Gasteiger partial charge < -0.3 is 10.1 Å². The van der Waals surface area contributed by atoms with Gasteiger partial charge in [0.2, 0.25) is 5.91 Å². The average Bonchev–Trinajstić information content (AvgIpc) is 2.64. The number of para-hydroxylation sites is 2. The Morgan fingerprint density at radius 3 is 2.72 bits per heavy atom. The molecular formula is C19H19N3O3. The van der Waals surface area contributed by atoms with Gasteiger partial charge in [-0.15, -0.1) is 0 Å². The summed E-state index contributed by atoms with van der Waals surface area (Å²) in [6.45, 7) is 1.79. The van der Waals surface area contributed by atoms with Gasteiger partial charge in [-0.3, -0.25) is 14.2 Å². The van der Waals surface area contributed by atoms with Crippen molar-refractivity contribution in [3.63, 3.8) is 0 Å². The Balaban J connectivity index is 1.77. The Hall–Kier alpha value is -3.15. The van der Waals surface area contributed by atoms with Crippen molar-refractivity contribution in [2.24, 2.45) is 0 Å². The normalized spacial score (nSPS) is 11.9. The van der Waals surface area contributed by atoms with Crippen LogP contribution >= 0.6 is 0 Å². The molecular weight excluding hydrogens is 318 g/mol. The van der Waals surface area contributed by atoms with E-state index in [1.165, 1.54) is 10.9 Å². The van der Waals surface area contributed by atoms with Crippen LogP contribution in [0.2, 0.25) is 0 Å². The van der Waals surface area contributed by atoms with E-state index in [9.17, 15) is 9.59 Å². The molecule has 1 amide bonds. The van der Waals surface area contributed by atoms with Gasteiger partial charge in [-0.1, -0.05) is 30.3 Å². The summed E-state index contributed by atoms with van der Waals surface area (Å²) in [5.74, 6) is 0.442. The van der Waals surface area contributed by atoms with Crippen LogP contribution < -0.4 is 15.6 Å². The maximum absolute atomic E-state index is 12.4. The first-order chi connectivity index (χ1) is 12.1. The lowest BCUT2D eigenvalue weighted by Crippen LogP contribution is -2.34. The minimum Gasteiger partial charge on any atom is -0.496 e. The SMILES string of the molecule is COc1ccccc1[C@H](C)NC(=O)Cn1cnc2ccccc2c1=O. The number of benzene rings is 2. The number of hydrogen-bond donors (Lipinski definition) is 1. The number of aromatic nitrogens is 2. The Bertz CT molecular complexity index is 965. The van der Waals surface area contributed by atoms with Crippen LogP contribution in [-0.4, -0.2) is 22.6 Å². The number of nitrogens with one attached hydrogen (secondary N) is 1. The lowest BCUT2D eigenvalue weighted by molar-refractivity contribution is -0.122. The number of carbonyl (C=O) groups is 1. The standard InChI is InChI=1S/C19H19N3O3/c1-13(14-7-4-6-10-17(14)25-2)21-18(23)11-22-12-20-16-9-5-3-8-15(16)19(22)24/h3-10,12-13H,11H2,1-2H3,(H,21,23)/t13-/m0/s1. The first-order valence-corrected chi connectivity index (χ1v) is 7.96. The van der Waals surface area contributed by atoms with Gasteiger partial charge >= 0.3 is 0 Å². The van der Waals surface area contributed by atoms with Crippen molar-refractivity contribution >= 4 is 16.8 Å². The van der Waals surface area contributed by atoms with E-state index in [4.69, 9.17) is 4.74 Å². The van der Waals surface area contributed by atoms with Crippen molar-refractivity contribution in [1.82, 2.24) is 14.9 Å². The summed E-state index contributed by atoms with van der Waals surface area (Å²) in [6, 6.07) is 14.3. The van der Waals surface area contributed by atoms with Gasteiger partial charge in [-0.05, 0) is 25.1 Å². The molecule has 0 fully saturated rings. The molecule has 128 valence electrons. The molecule has 2 aromatic carbocycles. The Labute approximate surface area is 145 Å². The summed E-state index contributed by atoms with van der Waals surface area (Å²) in [6.07, 6.45) is 1.40. The molecule has 1 atom stereocenters. The smallest absolute Gasteiger partial charge is 0.261 e. The number of methoxy groups -OCH3 is 1. The Morgan fingerprint density at radius 1 is 1.20 bits per heavy atom. The highest BCUT2D eigenvalue weighted by Crippen LogP contribution is 2.24. The Morgan fingerprint density at radius 2 is 1.92 bits per heavy atom. The highest BCUT2D eigenvalue weighted by atomic mass is 16.5. The first kappa shape index (κ1) is 16.7. The van der Waals surface area contributed by atoms with Gasteiger partial charge in [0.1, 0.15) is 12.3 Å². The fourth-order valence-electron chi connectivity index (χ4n) is 2.76. The number of fused-ring (bicyclic) bond motifs is 1. The topological polar surface area (TPSA) is 73.2 Å². The molecule has 3 aromatic rings. The molecule has 0 saturated heterocycles. The summed E-state index contributed by atoms with van der Waals surface area (Å²) in [5.41, 5.74) is 1.26. The zero-order valence-electron chi connectivity index (χ0n) is 14.1. The second kappa shape index (κ2) is 7.17. The third-order valence-electron chi connectivity index (χ3n) is 4.03. The van der Waals surface area contributed by atoms with Crippen molar-refractivity contribution in [3.05, 3.63) is 70.8 Å².